The van der Waals surface area contributed by atoms with Gasteiger partial charge in [0.05, 0.1) is 5.56 Å². The Morgan fingerprint density at radius 2 is 2.00 bits per heavy atom. The van der Waals surface area contributed by atoms with Gasteiger partial charge in [0.2, 0.25) is 4.96 Å². The molecule has 3 heterocycles. The number of halogens is 3. The molecule has 0 atom stereocenters. The van der Waals surface area contributed by atoms with Crippen LogP contribution in [0.5, 0.6) is 0 Å². The molecule has 0 aromatic carbocycles. The number of hydrogen-bond acceptors (Lipinski definition) is 5. The van der Waals surface area contributed by atoms with Gasteiger partial charge in [-0.3, -0.25) is 9.20 Å². The highest BCUT2D eigenvalue weighted by Gasteiger charge is 2.30. The third-order valence-electron chi connectivity index (χ3n) is 3.19. The predicted molar refractivity (Wildman–Crippen MR) is 77.5 cm³/mol. The number of amides is 1. The van der Waals surface area contributed by atoms with E-state index in [1.165, 1.54) is 0 Å². The number of anilines is 1. The van der Waals surface area contributed by atoms with Crippen molar-refractivity contribution in [1.29, 1.82) is 0 Å². The van der Waals surface area contributed by atoms with E-state index in [9.17, 15) is 18.0 Å². The van der Waals surface area contributed by atoms with E-state index in [-0.39, 0.29) is 5.82 Å². The second-order valence-corrected chi connectivity index (χ2v) is 5.74. The molecule has 0 spiro atoms. The molecule has 1 N–H and O–H groups in total. The normalized spacial score (nSPS) is 11.9. The van der Waals surface area contributed by atoms with Crippen molar-refractivity contribution in [2.45, 2.75) is 20.0 Å². The molecule has 0 unspecified atom stereocenters. The van der Waals surface area contributed by atoms with Crippen LogP contribution in [0.3, 0.4) is 0 Å². The lowest BCUT2D eigenvalue weighted by Gasteiger charge is -2.07. The van der Waals surface area contributed by atoms with Crippen LogP contribution in [-0.2, 0) is 6.18 Å². The Morgan fingerprint density at radius 3 is 2.57 bits per heavy atom. The topological polar surface area (TPSA) is 72.2 Å². The van der Waals surface area contributed by atoms with Crippen LogP contribution in [0, 0.1) is 13.8 Å². The van der Waals surface area contributed by atoms with Gasteiger partial charge in [-0.2, -0.15) is 13.2 Å². The number of pyridine rings is 1. The van der Waals surface area contributed by atoms with Gasteiger partial charge in [0.1, 0.15) is 16.5 Å². The zero-order valence-electron chi connectivity index (χ0n) is 12.0. The number of carbonyl (C=O) groups is 1. The van der Waals surface area contributed by atoms with Crippen LogP contribution in [0.15, 0.2) is 18.3 Å². The van der Waals surface area contributed by atoms with E-state index in [1.54, 1.807) is 18.2 Å². The number of aryl methyl sites for hydroxylation is 2. The van der Waals surface area contributed by atoms with E-state index in [0.717, 1.165) is 23.5 Å². The summed E-state index contributed by atoms with van der Waals surface area (Å²) in [6, 6.07) is 1.98. The lowest BCUT2D eigenvalue weighted by molar-refractivity contribution is -0.137. The Labute approximate surface area is 132 Å². The molecule has 3 aromatic rings. The van der Waals surface area contributed by atoms with Gasteiger partial charge in [0.15, 0.2) is 0 Å². The summed E-state index contributed by atoms with van der Waals surface area (Å²) in [7, 11) is 0. The van der Waals surface area contributed by atoms with Gasteiger partial charge in [-0.25, -0.2) is 4.98 Å². The molecule has 0 saturated carbocycles. The van der Waals surface area contributed by atoms with E-state index in [4.69, 9.17) is 0 Å². The smallest absolute Gasteiger partial charge is 0.306 e. The minimum absolute atomic E-state index is 0.0447. The first-order valence-corrected chi connectivity index (χ1v) is 7.25. The van der Waals surface area contributed by atoms with Crippen molar-refractivity contribution in [3.63, 3.8) is 0 Å². The molecule has 0 aliphatic heterocycles. The number of hydrogen-bond donors (Lipinski definition) is 1. The molecular formula is C13H10F3N5OS. The van der Waals surface area contributed by atoms with Crippen molar-refractivity contribution in [1.82, 2.24) is 19.6 Å². The molecule has 0 bridgehead atoms. The number of rotatable bonds is 2. The highest BCUT2D eigenvalue weighted by Crippen LogP contribution is 2.29. The standard InChI is InChI=1S/C13H10F3N5OS/c1-6-10(23-12-20-19-7(2)21(6)12)11(22)18-9-4-3-8(5-17-9)13(14,15)16/h3-5H,1-2H3,(H,17,18,22). The Kier molecular flexibility index (Phi) is 3.55. The lowest BCUT2D eigenvalue weighted by atomic mass is 10.3. The molecular weight excluding hydrogens is 331 g/mol. The summed E-state index contributed by atoms with van der Waals surface area (Å²) in [6.45, 7) is 3.51. The first-order chi connectivity index (χ1) is 10.8. The van der Waals surface area contributed by atoms with Crippen LogP contribution >= 0.6 is 11.3 Å². The van der Waals surface area contributed by atoms with Crippen LogP contribution in [0.25, 0.3) is 4.96 Å². The fourth-order valence-electron chi connectivity index (χ4n) is 2.08. The average Bonchev–Trinajstić information content (AvgIpc) is 3.00. The molecule has 1 amide bonds. The maximum absolute atomic E-state index is 12.5. The summed E-state index contributed by atoms with van der Waals surface area (Å²) in [5, 5.41) is 10.3. The van der Waals surface area contributed by atoms with E-state index < -0.39 is 17.6 Å². The van der Waals surface area contributed by atoms with Crippen molar-refractivity contribution in [2.75, 3.05) is 5.32 Å². The first kappa shape index (κ1) is 15.4. The van der Waals surface area contributed by atoms with E-state index in [1.807, 2.05) is 0 Å². The molecule has 0 aliphatic rings. The quantitative estimate of drug-likeness (QED) is 0.777. The van der Waals surface area contributed by atoms with Crippen LogP contribution < -0.4 is 5.32 Å². The zero-order valence-corrected chi connectivity index (χ0v) is 12.8. The summed E-state index contributed by atoms with van der Waals surface area (Å²) < 4.78 is 39.2. The second-order valence-electron chi connectivity index (χ2n) is 4.77. The van der Waals surface area contributed by atoms with Crippen molar-refractivity contribution in [2.24, 2.45) is 0 Å². The lowest BCUT2D eigenvalue weighted by Crippen LogP contribution is -2.14. The fourth-order valence-corrected chi connectivity index (χ4v) is 3.09. The number of carbonyl (C=O) groups excluding carboxylic acids is 1. The number of nitrogens with one attached hydrogen (secondary N) is 1. The third kappa shape index (κ3) is 2.77. The Bertz CT molecular complexity index is 882. The average molecular weight is 341 g/mol. The Hall–Kier alpha value is -2.49. The number of alkyl halides is 3. The molecule has 3 rings (SSSR count). The minimum atomic E-state index is -4.46. The first-order valence-electron chi connectivity index (χ1n) is 6.43. The van der Waals surface area contributed by atoms with Gasteiger partial charge < -0.3 is 5.32 Å². The highest BCUT2D eigenvalue weighted by molar-refractivity contribution is 7.19. The molecule has 3 aromatic heterocycles. The van der Waals surface area contributed by atoms with Crippen molar-refractivity contribution in [3.05, 3.63) is 40.3 Å². The van der Waals surface area contributed by atoms with E-state index >= 15 is 0 Å². The summed E-state index contributed by atoms with van der Waals surface area (Å²) in [5.41, 5.74) is -0.208. The molecule has 120 valence electrons. The van der Waals surface area contributed by atoms with Crippen molar-refractivity contribution >= 4 is 28.0 Å². The monoisotopic (exact) mass is 341 g/mol. The van der Waals surface area contributed by atoms with E-state index in [0.29, 0.717) is 27.6 Å². The summed E-state index contributed by atoms with van der Waals surface area (Å²) in [5.74, 6) is 0.244. The summed E-state index contributed by atoms with van der Waals surface area (Å²) in [6.07, 6.45) is -3.78. The maximum Gasteiger partial charge on any atom is 0.417 e. The molecule has 0 saturated heterocycles. The molecule has 23 heavy (non-hydrogen) atoms. The van der Waals surface area contributed by atoms with Crippen LogP contribution in [0.1, 0.15) is 26.8 Å². The predicted octanol–water partition coefficient (Wildman–Crippen LogP) is 3.07. The third-order valence-corrected chi connectivity index (χ3v) is 4.32. The number of nitrogens with zero attached hydrogens (tertiary/aromatic N) is 4. The molecule has 0 radical (unpaired) electrons. The molecule has 0 fully saturated rings. The number of thiazole rings is 1. The minimum Gasteiger partial charge on any atom is -0.306 e. The van der Waals surface area contributed by atoms with Crippen LogP contribution in [0.4, 0.5) is 19.0 Å². The maximum atomic E-state index is 12.5. The van der Waals surface area contributed by atoms with Gasteiger partial charge >= 0.3 is 6.18 Å². The van der Waals surface area contributed by atoms with Crippen molar-refractivity contribution < 1.29 is 18.0 Å². The van der Waals surface area contributed by atoms with E-state index in [2.05, 4.69) is 20.5 Å². The number of fused-ring (bicyclic) bond motifs is 1. The summed E-state index contributed by atoms with van der Waals surface area (Å²) >= 11 is 1.15. The van der Waals surface area contributed by atoms with Gasteiger partial charge in [0.25, 0.3) is 5.91 Å². The number of aromatic nitrogens is 4. The zero-order chi connectivity index (χ0) is 16.8. The summed E-state index contributed by atoms with van der Waals surface area (Å²) in [4.78, 5) is 16.9. The SMILES string of the molecule is Cc1nnc2sc(C(=O)Nc3ccc(C(F)(F)F)cn3)c(C)n12. The van der Waals surface area contributed by atoms with Gasteiger partial charge in [-0.1, -0.05) is 11.3 Å². The van der Waals surface area contributed by atoms with Crippen LogP contribution in [0.2, 0.25) is 0 Å². The second kappa shape index (κ2) is 5.30. The van der Waals surface area contributed by atoms with Gasteiger partial charge in [-0.05, 0) is 26.0 Å². The molecule has 6 nitrogen and oxygen atoms in total. The Morgan fingerprint density at radius 1 is 1.26 bits per heavy atom. The van der Waals surface area contributed by atoms with Crippen LogP contribution in [-0.4, -0.2) is 25.5 Å². The molecule has 0 aliphatic carbocycles. The largest absolute Gasteiger partial charge is 0.417 e. The van der Waals surface area contributed by atoms with Gasteiger partial charge in [-0.15, -0.1) is 10.2 Å². The molecule has 10 heteroatoms. The van der Waals surface area contributed by atoms with Gasteiger partial charge in [0, 0.05) is 11.9 Å². The van der Waals surface area contributed by atoms with Crippen molar-refractivity contribution in [3.8, 4) is 0 Å². The Balaban J connectivity index is 1.84. The fraction of sp³-hybridized carbons (Fsp3) is 0.231. The highest BCUT2D eigenvalue weighted by atomic mass is 32.1.